The molecule has 3 rings (SSSR count). The van der Waals surface area contributed by atoms with Gasteiger partial charge in [0, 0.05) is 17.3 Å². The smallest absolute Gasteiger partial charge is 0.264 e. The molecule has 0 aliphatic rings. The van der Waals surface area contributed by atoms with Gasteiger partial charge in [-0.1, -0.05) is 11.6 Å². The number of rotatable bonds is 1. The lowest BCUT2D eigenvalue weighted by molar-refractivity contribution is 0.0966. The van der Waals surface area contributed by atoms with Gasteiger partial charge in [0.15, 0.2) is 0 Å². The van der Waals surface area contributed by atoms with E-state index in [0.29, 0.717) is 22.2 Å². The third-order valence-electron chi connectivity index (χ3n) is 3.31. The third-order valence-corrected chi connectivity index (χ3v) is 3.31. The van der Waals surface area contributed by atoms with Gasteiger partial charge in [-0.15, -0.1) is 0 Å². The summed E-state index contributed by atoms with van der Waals surface area (Å²) in [6.45, 7) is 1.90. The molecule has 0 unspecified atom stereocenters. The molecule has 20 heavy (non-hydrogen) atoms. The summed E-state index contributed by atoms with van der Waals surface area (Å²) in [7, 11) is 0. The zero-order chi connectivity index (χ0) is 14.3. The molecule has 0 amide bonds. The van der Waals surface area contributed by atoms with Crippen molar-refractivity contribution >= 4 is 22.5 Å². The molecule has 0 aliphatic carbocycles. The summed E-state index contributed by atoms with van der Waals surface area (Å²) in [5.74, 6) is -0.537. The number of hydrogen-bond acceptors (Lipinski definition) is 2. The van der Waals surface area contributed by atoms with Crippen molar-refractivity contribution in [2.24, 2.45) is 0 Å². The molecule has 3 aromatic rings. The number of anilines is 1. The Balaban J connectivity index is 2.15. The van der Waals surface area contributed by atoms with Gasteiger partial charge < -0.3 is 5.73 Å². The average Bonchev–Trinajstić information content (AvgIpc) is 2.83. The fourth-order valence-corrected chi connectivity index (χ4v) is 2.28. The molecular formula is C16H13FN2O. The molecule has 0 radical (unpaired) electrons. The van der Waals surface area contributed by atoms with Gasteiger partial charge in [-0.3, -0.25) is 9.36 Å². The zero-order valence-corrected chi connectivity index (χ0v) is 10.9. The molecule has 0 saturated carbocycles. The fraction of sp³-hybridized carbons (Fsp3) is 0.0625. The minimum Gasteiger partial charge on any atom is -0.398 e. The van der Waals surface area contributed by atoms with E-state index in [1.165, 1.54) is 16.7 Å². The Morgan fingerprint density at radius 1 is 1.15 bits per heavy atom. The number of nitrogen functional groups attached to an aromatic ring is 1. The van der Waals surface area contributed by atoms with E-state index in [1.807, 2.05) is 13.0 Å². The van der Waals surface area contributed by atoms with Crippen LogP contribution in [0.2, 0.25) is 0 Å². The van der Waals surface area contributed by atoms with E-state index in [-0.39, 0.29) is 11.7 Å². The largest absolute Gasteiger partial charge is 0.398 e. The van der Waals surface area contributed by atoms with E-state index >= 15 is 0 Å². The molecule has 1 aromatic heterocycles. The van der Waals surface area contributed by atoms with Crippen molar-refractivity contribution in [1.82, 2.24) is 4.57 Å². The Morgan fingerprint density at radius 2 is 1.95 bits per heavy atom. The molecule has 3 nitrogen and oxygen atoms in total. The first-order valence-electron chi connectivity index (χ1n) is 6.24. The maximum Gasteiger partial charge on any atom is 0.264 e. The number of halogens is 1. The van der Waals surface area contributed by atoms with E-state index in [2.05, 4.69) is 0 Å². The Kier molecular flexibility index (Phi) is 2.79. The van der Waals surface area contributed by atoms with Crippen LogP contribution in [0, 0.1) is 12.7 Å². The van der Waals surface area contributed by atoms with Crippen molar-refractivity contribution in [3.63, 3.8) is 0 Å². The maximum atomic E-state index is 13.2. The lowest BCUT2D eigenvalue weighted by Crippen LogP contribution is -2.13. The summed E-state index contributed by atoms with van der Waals surface area (Å²) in [6.07, 6.45) is 1.63. The summed E-state index contributed by atoms with van der Waals surface area (Å²) in [5, 5.41) is 0.685. The van der Waals surface area contributed by atoms with Crippen molar-refractivity contribution in [3.05, 3.63) is 65.6 Å². The molecule has 0 atom stereocenters. The van der Waals surface area contributed by atoms with Crippen LogP contribution in [0.1, 0.15) is 15.9 Å². The molecule has 0 bridgehead atoms. The molecule has 0 spiro atoms. The van der Waals surface area contributed by atoms with Gasteiger partial charge in [0.2, 0.25) is 0 Å². The first-order chi connectivity index (χ1) is 9.56. The summed E-state index contributed by atoms with van der Waals surface area (Å²) in [5.41, 5.74) is 8.38. The molecule has 0 aliphatic heterocycles. The van der Waals surface area contributed by atoms with Crippen LogP contribution in [-0.4, -0.2) is 10.5 Å². The van der Waals surface area contributed by atoms with Gasteiger partial charge in [0.1, 0.15) is 5.82 Å². The molecule has 0 saturated heterocycles. The lowest BCUT2D eigenvalue weighted by atomic mass is 10.1. The van der Waals surface area contributed by atoms with Gasteiger partial charge >= 0.3 is 0 Å². The van der Waals surface area contributed by atoms with Gasteiger partial charge in [0.25, 0.3) is 5.91 Å². The number of aryl methyl sites for hydroxylation is 1. The van der Waals surface area contributed by atoms with E-state index < -0.39 is 0 Å². The highest BCUT2D eigenvalue weighted by Crippen LogP contribution is 2.21. The number of nitrogens with zero attached hydrogens (tertiary/aromatic N) is 1. The van der Waals surface area contributed by atoms with Crippen molar-refractivity contribution < 1.29 is 9.18 Å². The molecule has 1 heterocycles. The molecule has 2 aromatic carbocycles. The quantitative estimate of drug-likeness (QED) is 0.688. The lowest BCUT2D eigenvalue weighted by Gasteiger charge is -2.08. The van der Waals surface area contributed by atoms with Crippen LogP contribution in [0.4, 0.5) is 10.1 Å². The number of carbonyl (C=O) groups excluding carboxylic acids is 1. The zero-order valence-electron chi connectivity index (χ0n) is 10.9. The van der Waals surface area contributed by atoms with Crippen molar-refractivity contribution in [2.45, 2.75) is 6.92 Å². The summed E-state index contributed by atoms with van der Waals surface area (Å²) >= 11 is 0. The standard InChI is InChI=1S/C16H13FN2O/c1-10-2-4-14(18)13(8-10)16(20)19-7-6-11-9-12(17)3-5-15(11)19/h2-9H,18H2,1H3. The Hall–Kier alpha value is -2.62. The Morgan fingerprint density at radius 3 is 2.75 bits per heavy atom. The van der Waals surface area contributed by atoms with Crippen molar-refractivity contribution in [2.75, 3.05) is 5.73 Å². The number of nitrogens with two attached hydrogens (primary N) is 1. The van der Waals surface area contributed by atoms with Gasteiger partial charge in [-0.2, -0.15) is 0 Å². The van der Waals surface area contributed by atoms with Crippen molar-refractivity contribution in [1.29, 1.82) is 0 Å². The highest BCUT2D eigenvalue weighted by molar-refractivity contribution is 6.05. The van der Waals surface area contributed by atoms with E-state index in [0.717, 1.165) is 5.56 Å². The minimum absolute atomic E-state index is 0.215. The van der Waals surface area contributed by atoms with E-state index in [4.69, 9.17) is 5.73 Å². The van der Waals surface area contributed by atoms with Crippen LogP contribution < -0.4 is 5.73 Å². The number of benzene rings is 2. The number of fused-ring (bicyclic) bond motifs is 1. The van der Waals surface area contributed by atoms with Gasteiger partial charge in [-0.25, -0.2) is 4.39 Å². The van der Waals surface area contributed by atoms with Crippen molar-refractivity contribution in [3.8, 4) is 0 Å². The second kappa shape index (κ2) is 4.49. The van der Waals surface area contributed by atoms with Crippen LogP contribution >= 0.6 is 0 Å². The van der Waals surface area contributed by atoms with Crippen LogP contribution in [0.15, 0.2) is 48.7 Å². The highest BCUT2D eigenvalue weighted by Gasteiger charge is 2.14. The predicted molar refractivity (Wildman–Crippen MR) is 77.2 cm³/mol. The molecule has 100 valence electrons. The first-order valence-corrected chi connectivity index (χ1v) is 6.24. The van der Waals surface area contributed by atoms with Gasteiger partial charge in [-0.05, 0) is 43.3 Å². The summed E-state index contributed by atoms with van der Waals surface area (Å²) in [6, 6.07) is 11.4. The summed E-state index contributed by atoms with van der Waals surface area (Å²) < 4.78 is 14.7. The molecule has 2 N–H and O–H groups in total. The molecular weight excluding hydrogens is 255 g/mol. The number of carbonyl (C=O) groups is 1. The van der Waals surface area contributed by atoms with E-state index in [9.17, 15) is 9.18 Å². The monoisotopic (exact) mass is 268 g/mol. The van der Waals surface area contributed by atoms with Crippen LogP contribution in [0.5, 0.6) is 0 Å². The normalized spacial score (nSPS) is 10.9. The average molecular weight is 268 g/mol. The van der Waals surface area contributed by atoms with Crippen LogP contribution in [0.3, 0.4) is 0 Å². The van der Waals surface area contributed by atoms with E-state index in [1.54, 1.807) is 30.5 Å². The summed E-state index contributed by atoms with van der Waals surface area (Å²) in [4.78, 5) is 12.6. The molecule has 4 heteroatoms. The van der Waals surface area contributed by atoms with Gasteiger partial charge in [0.05, 0.1) is 11.1 Å². The Bertz CT molecular complexity index is 820. The minimum atomic E-state index is -0.322. The highest BCUT2D eigenvalue weighted by atomic mass is 19.1. The predicted octanol–water partition coefficient (Wildman–Crippen LogP) is 3.36. The Labute approximate surface area is 115 Å². The maximum absolute atomic E-state index is 13.2. The fourth-order valence-electron chi connectivity index (χ4n) is 2.28. The SMILES string of the molecule is Cc1ccc(N)c(C(=O)n2ccc3cc(F)ccc32)c1. The second-order valence-electron chi connectivity index (χ2n) is 4.78. The first kappa shape index (κ1) is 12.4. The molecule has 0 fully saturated rings. The third kappa shape index (κ3) is 1.95. The number of hydrogen-bond donors (Lipinski definition) is 1. The topological polar surface area (TPSA) is 48.0 Å². The van der Waals surface area contributed by atoms with Crippen LogP contribution in [-0.2, 0) is 0 Å². The second-order valence-corrected chi connectivity index (χ2v) is 4.78. The number of aromatic nitrogens is 1. The van der Waals surface area contributed by atoms with Crippen LogP contribution in [0.25, 0.3) is 10.9 Å².